The van der Waals surface area contributed by atoms with Gasteiger partial charge in [-0.05, 0) is 48.2 Å². The molecular weight excluding hydrogens is 306 g/mol. The Hall–Kier alpha value is -2.82. The van der Waals surface area contributed by atoms with Crippen molar-refractivity contribution in [3.05, 3.63) is 65.2 Å². The Morgan fingerprint density at radius 2 is 1.83 bits per heavy atom. The standard InChI is InChI=1S/C19H21NO4/c1-24-17-9-7-14(8-10-17)5-3-11-20-18(21)13-15-4-2-6-16(12-15)19(22)23/h2,4,6-10,12H,3,5,11,13H2,1H3,(H,20,21)(H,22,23). The zero-order valence-corrected chi connectivity index (χ0v) is 13.6. The fraction of sp³-hybridized carbons (Fsp3) is 0.263. The highest BCUT2D eigenvalue weighted by atomic mass is 16.5. The Bertz CT molecular complexity index is 695. The van der Waals surface area contributed by atoms with Gasteiger partial charge in [0, 0.05) is 6.54 Å². The molecule has 2 N–H and O–H groups in total. The predicted octanol–water partition coefficient (Wildman–Crippen LogP) is 2.68. The molecule has 2 aromatic rings. The van der Waals surface area contributed by atoms with Gasteiger partial charge in [0.25, 0.3) is 0 Å². The van der Waals surface area contributed by atoms with Crippen LogP contribution < -0.4 is 10.1 Å². The van der Waals surface area contributed by atoms with Crippen molar-refractivity contribution >= 4 is 11.9 Å². The summed E-state index contributed by atoms with van der Waals surface area (Å²) in [5.74, 6) is -0.264. The minimum atomic E-state index is -0.989. The zero-order chi connectivity index (χ0) is 17.4. The summed E-state index contributed by atoms with van der Waals surface area (Å²) >= 11 is 0. The van der Waals surface area contributed by atoms with Gasteiger partial charge in [-0.3, -0.25) is 4.79 Å². The maximum Gasteiger partial charge on any atom is 0.335 e. The number of carbonyl (C=O) groups is 2. The summed E-state index contributed by atoms with van der Waals surface area (Å²) in [6.07, 6.45) is 1.90. The normalized spacial score (nSPS) is 10.2. The van der Waals surface area contributed by atoms with Crippen LogP contribution in [0.15, 0.2) is 48.5 Å². The lowest BCUT2D eigenvalue weighted by molar-refractivity contribution is -0.120. The van der Waals surface area contributed by atoms with Crippen LogP contribution in [-0.2, 0) is 17.6 Å². The number of methoxy groups -OCH3 is 1. The molecule has 0 saturated carbocycles. The van der Waals surface area contributed by atoms with Crippen molar-refractivity contribution in [2.45, 2.75) is 19.3 Å². The lowest BCUT2D eigenvalue weighted by atomic mass is 10.1. The first kappa shape index (κ1) is 17.5. The van der Waals surface area contributed by atoms with E-state index in [0.29, 0.717) is 12.1 Å². The Morgan fingerprint density at radius 3 is 2.50 bits per heavy atom. The summed E-state index contributed by atoms with van der Waals surface area (Å²) in [5.41, 5.74) is 2.08. The highest BCUT2D eigenvalue weighted by Crippen LogP contribution is 2.12. The Morgan fingerprint density at radius 1 is 1.08 bits per heavy atom. The van der Waals surface area contributed by atoms with E-state index < -0.39 is 5.97 Å². The number of amides is 1. The van der Waals surface area contributed by atoms with Crippen molar-refractivity contribution < 1.29 is 19.4 Å². The number of hydrogen-bond acceptors (Lipinski definition) is 3. The molecule has 0 aromatic heterocycles. The monoisotopic (exact) mass is 327 g/mol. The predicted molar refractivity (Wildman–Crippen MR) is 91.4 cm³/mol. The van der Waals surface area contributed by atoms with E-state index in [2.05, 4.69) is 5.32 Å². The molecule has 126 valence electrons. The van der Waals surface area contributed by atoms with Gasteiger partial charge in [-0.2, -0.15) is 0 Å². The van der Waals surface area contributed by atoms with Crippen LogP contribution in [0.3, 0.4) is 0 Å². The number of rotatable bonds is 8. The lowest BCUT2D eigenvalue weighted by Crippen LogP contribution is -2.26. The van der Waals surface area contributed by atoms with Crippen LogP contribution in [0, 0.1) is 0 Å². The van der Waals surface area contributed by atoms with Crippen molar-refractivity contribution in [1.82, 2.24) is 5.32 Å². The number of hydrogen-bond donors (Lipinski definition) is 2. The van der Waals surface area contributed by atoms with E-state index in [4.69, 9.17) is 9.84 Å². The van der Waals surface area contributed by atoms with E-state index in [9.17, 15) is 9.59 Å². The maximum absolute atomic E-state index is 11.9. The molecule has 2 rings (SSSR count). The first-order valence-electron chi connectivity index (χ1n) is 7.80. The molecule has 0 heterocycles. The zero-order valence-electron chi connectivity index (χ0n) is 13.6. The third-order valence-electron chi connectivity index (χ3n) is 3.66. The topological polar surface area (TPSA) is 75.6 Å². The van der Waals surface area contributed by atoms with Crippen LogP contribution >= 0.6 is 0 Å². The third kappa shape index (κ3) is 5.43. The largest absolute Gasteiger partial charge is 0.497 e. The number of aromatic carboxylic acids is 1. The van der Waals surface area contributed by atoms with E-state index >= 15 is 0 Å². The fourth-order valence-corrected chi connectivity index (χ4v) is 2.37. The Labute approximate surface area is 141 Å². The number of ether oxygens (including phenoxy) is 1. The van der Waals surface area contributed by atoms with Crippen molar-refractivity contribution in [3.8, 4) is 5.75 Å². The molecule has 0 radical (unpaired) electrons. The smallest absolute Gasteiger partial charge is 0.335 e. The van der Waals surface area contributed by atoms with Crippen molar-refractivity contribution in [3.63, 3.8) is 0 Å². The minimum absolute atomic E-state index is 0.104. The number of benzene rings is 2. The molecule has 0 saturated heterocycles. The molecule has 0 bridgehead atoms. The first-order valence-corrected chi connectivity index (χ1v) is 7.80. The summed E-state index contributed by atoms with van der Waals surface area (Å²) < 4.78 is 5.11. The van der Waals surface area contributed by atoms with Gasteiger partial charge in [0.1, 0.15) is 5.75 Å². The quantitative estimate of drug-likeness (QED) is 0.731. The molecule has 1 amide bonds. The van der Waals surface area contributed by atoms with Crippen LogP contribution in [0.4, 0.5) is 0 Å². The molecule has 2 aromatic carbocycles. The van der Waals surface area contributed by atoms with E-state index in [0.717, 1.165) is 18.6 Å². The molecule has 5 heteroatoms. The van der Waals surface area contributed by atoms with E-state index in [1.54, 1.807) is 19.2 Å². The van der Waals surface area contributed by atoms with Crippen LogP contribution in [-0.4, -0.2) is 30.6 Å². The molecule has 0 unspecified atom stereocenters. The van der Waals surface area contributed by atoms with Crippen molar-refractivity contribution in [2.24, 2.45) is 0 Å². The average Bonchev–Trinajstić information content (AvgIpc) is 2.59. The molecule has 0 aliphatic heterocycles. The highest BCUT2D eigenvalue weighted by molar-refractivity contribution is 5.88. The van der Waals surface area contributed by atoms with E-state index in [-0.39, 0.29) is 17.9 Å². The van der Waals surface area contributed by atoms with Gasteiger partial charge in [0.2, 0.25) is 5.91 Å². The van der Waals surface area contributed by atoms with Crippen LogP contribution in [0.2, 0.25) is 0 Å². The van der Waals surface area contributed by atoms with Crippen molar-refractivity contribution in [1.29, 1.82) is 0 Å². The van der Waals surface area contributed by atoms with E-state index in [1.807, 2.05) is 24.3 Å². The second-order valence-electron chi connectivity index (χ2n) is 5.48. The number of carbonyl (C=O) groups excluding carboxylic acids is 1. The van der Waals surface area contributed by atoms with Crippen LogP contribution in [0.5, 0.6) is 5.75 Å². The highest BCUT2D eigenvalue weighted by Gasteiger charge is 2.07. The Kier molecular flexibility index (Phi) is 6.37. The first-order chi connectivity index (χ1) is 11.6. The summed E-state index contributed by atoms with van der Waals surface area (Å²) in [6.45, 7) is 0.587. The number of nitrogens with one attached hydrogen (secondary N) is 1. The molecule has 5 nitrogen and oxygen atoms in total. The maximum atomic E-state index is 11.9. The second-order valence-corrected chi connectivity index (χ2v) is 5.48. The van der Waals surface area contributed by atoms with Crippen molar-refractivity contribution in [2.75, 3.05) is 13.7 Å². The van der Waals surface area contributed by atoms with Gasteiger partial charge >= 0.3 is 5.97 Å². The summed E-state index contributed by atoms with van der Waals surface area (Å²) in [5, 5.41) is 11.8. The second kappa shape index (κ2) is 8.72. The molecule has 0 atom stereocenters. The summed E-state index contributed by atoms with van der Waals surface area (Å²) in [7, 11) is 1.64. The number of carboxylic acids is 1. The average molecular weight is 327 g/mol. The number of carboxylic acid groups (broad SMARTS) is 1. The minimum Gasteiger partial charge on any atom is -0.497 e. The van der Waals surface area contributed by atoms with Gasteiger partial charge in [-0.25, -0.2) is 4.79 Å². The number of aryl methyl sites for hydroxylation is 1. The third-order valence-corrected chi connectivity index (χ3v) is 3.66. The van der Waals surface area contributed by atoms with Crippen LogP contribution in [0.25, 0.3) is 0 Å². The molecule has 24 heavy (non-hydrogen) atoms. The molecule has 0 fully saturated rings. The van der Waals surface area contributed by atoms with Gasteiger partial charge in [-0.15, -0.1) is 0 Å². The fourth-order valence-electron chi connectivity index (χ4n) is 2.37. The SMILES string of the molecule is COc1ccc(CCCNC(=O)Cc2cccc(C(=O)O)c2)cc1. The van der Waals surface area contributed by atoms with Gasteiger partial charge < -0.3 is 15.2 Å². The van der Waals surface area contributed by atoms with Gasteiger partial charge in [0.15, 0.2) is 0 Å². The lowest BCUT2D eigenvalue weighted by Gasteiger charge is -2.07. The summed E-state index contributed by atoms with van der Waals surface area (Å²) in [4.78, 5) is 22.8. The van der Waals surface area contributed by atoms with Gasteiger partial charge in [0.05, 0.1) is 19.1 Å². The van der Waals surface area contributed by atoms with Gasteiger partial charge in [-0.1, -0.05) is 24.3 Å². The van der Waals surface area contributed by atoms with Crippen LogP contribution in [0.1, 0.15) is 27.9 Å². The van der Waals surface area contributed by atoms with E-state index in [1.165, 1.54) is 17.7 Å². The molecule has 0 aliphatic rings. The molecule has 0 aliphatic carbocycles. The molecule has 0 spiro atoms. The molecular formula is C19H21NO4. The Balaban J connectivity index is 1.73. The summed E-state index contributed by atoms with van der Waals surface area (Å²) in [6, 6.07) is 14.3.